The monoisotopic (exact) mass is 250 g/mol. The molecule has 90 valence electrons. The molecule has 0 spiro atoms. The van der Waals surface area contributed by atoms with Gasteiger partial charge in [0.2, 0.25) is 0 Å². The summed E-state index contributed by atoms with van der Waals surface area (Å²) >= 11 is 0. The number of nitrogens with one attached hydrogen (secondary N) is 1. The molecule has 0 fully saturated rings. The van der Waals surface area contributed by atoms with E-state index in [1.807, 2.05) is 0 Å². The fourth-order valence-electron chi connectivity index (χ4n) is 1.16. The van der Waals surface area contributed by atoms with Crippen molar-refractivity contribution in [1.29, 1.82) is 0 Å². The fourth-order valence-corrected chi connectivity index (χ4v) is 1.99. The molecule has 0 saturated heterocycles. The Morgan fingerprint density at radius 2 is 2.12 bits per heavy atom. The van der Waals surface area contributed by atoms with E-state index in [-0.39, 0.29) is 10.7 Å². The van der Waals surface area contributed by atoms with Crippen LogP contribution in [0.5, 0.6) is 0 Å². The molecule has 1 aromatic heterocycles. The SMILES string of the molecule is CCNc1ncc(C(F)F)cc1S(C)(=O)=O. The number of halogens is 2. The fraction of sp³-hybridized carbons (Fsp3) is 0.444. The van der Waals surface area contributed by atoms with Crippen LogP contribution in [0, 0.1) is 0 Å². The molecule has 0 aliphatic carbocycles. The van der Waals surface area contributed by atoms with Gasteiger partial charge in [-0.1, -0.05) is 0 Å². The summed E-state index contributed by atoms with van der Waals surface area (Å²) in [5.74, 6) is 0.106. The topological polar surface area (TPSA) is 59.1 Å². The van der Waals surface area contributed by atoms with Gasteiger partial charge >= 0.3 is 0 Å². The van der Waals surface area contributed by atoms with Gasteiger partial charge in [-0.05, 0) is 13.0 Å². The summed E-state index contributed by atoms with van der Waals surface area (Å²) in [7, 11) is -3.57. The van der Waals surface area contributed by atoms with Crippen LogP contribution in [-0.2, 0) is 9.84 Å². The lowest BCUT2D eigenvalue weighted by atomic mass is 10.3. The van der Waals surface area contributed by atoms with Crippen molar-refractivity contribution in [3.05, 3.63) is 17.8 Å². The number of rotatable bonds is 4. The summed E-state index contributed by atoms with van der Waals surface area (Å²) in [6, 6.07) is 0.949. The number of anilines is 1. The van der Waals surface area contributed by atoms with Crippen molar-refractivity contribution in [1.82, 2.24) is 4.98 Å². The molecule has 0 amide bonds. The lowest BCUT2D eigenvalue weighted by Crippen LogP contribution is -2.08. The van der Waals surface area contributed by atoms with Crippen molar-refractivity contribution in [3.63, 3.8) is 0 Å². The van der Waals surface area contributed by atoms with E-state index in [9.17, 15) is 17.2 Å². The van der Waals surface area contributed by atoms with Crippen LogP contribution in [0.2, 0.25) is 0 Å². The van der Waals surface area contributed by atoms with Gasteiger partial charge in [-0.3, -0.25) is 0 Å². The molecule has 0 bridgehead atoms. The first-order valence-corrected chi connectivity index (χ1v) is 6.47. The average Bonchev–Trinajstić information content (AvgIpc) is 2.16. The van der Waals surface area contributed by atoms with Crippen molar-refractivity contribution in [2.75, 3.05) is 18.1 Å². The van der Waals surface area contributed by atoms with Gasteiger partial charge in [0.05, 0.1) is 0 Å². The lowest BCUT2D eigenvalue weighted by Gasteiger charge is -2.09. The standard InChI is InChI=1S/C9H12F2N2O2S/c1-3-12-9-7(16(2,14)15)4-6(5-13-9)8(10)11/h4-5,8H,3H2,1-2H3,(H,12,13). The van der Waals surface area contributed by atoms with Crippen LogP contribution in [0.15, 0.2) is 17.2 Å². The summed E-state index contributed by atoms with van der Waals surface area (Å²) in [6.45, 7) is 2.22. The zero-order chi connectivity index (χ0) is 12.3. The molecule has 0 atom stereocenters. The third-order valence-corrected chi connectivity index (χ3v) is 2.98. The van der Waals surface area contributed by atoms with Crippen molar-refractivity contribution in [2.24, 2.45) is 0 Å². The maximum absolute atomic E-state index is 12.4. The van der Waals surface area contributed by atoms with Crippen LogP contribution >= 0.6 is 0 Å². The number of alkyl halides is 2. The minimum Gasteiger partial charge on any atom is -0.369 e. The summed E-state index contributed by atoms with van der Waals surface area (Å²) < 4.78 is 47.6. The summed E-state index contributed by atoms with van der Waals surface area (Å²) in [5.41, 5.74) is -0.401. The van der Waals surface area contributed by atoms with Gasteiger partial charge in [0, 0.05) is 24.6 Å². The first-order chi connectivity index (χ1) is 7.36. The third-order valence-electron chi connectivity index (χ3n) is 1.87. The highest BCUT2D eigenvalue weighted by Crippen LogP contribution is 2.25. The molecule has 0 aromatic carbocycles. The first-order valence-electron chi connectivity index (χ1n) is 4.58. The van der Waals surface area contributed by atoms with E-state index >= 15 is 0 Å². The molecular weight excluding hydrogens is 238 g/mol. The number of nitrogens with zero attached hydrogens (tertiary/aromatic N) is 1. The molecule has 4 nitrogen and oxygen atoms in total. The Balaban J connectivity index is 3.33. The molecule has 1 rings (SSSR count). The lowest BCUT2D eigenvalue weighted by molar-refractivity contribution is 0.150. The zero-order valence-corrected chi connectivity index (χ0v) is 9.68. The second-order valence-corrected chi connectivity index (χ2v) is 5.20. The van der Waals surface area contributed by atoms with E-state index in [1.54, 1.807) is 6.92 Å². The number of sulfone groups is 1. The van der Waals surface area contributed by atoms with Crippen LogP contribution in [0.4, 0.5) is 14.6 Å². The molecule has 0 aliphatic heterocycles. The van der Waals surface area contributed by atoms with Crippen molar-refractivity contribution >= 4 is 15.7 Å². The molecule has 0 saturated carbocycles. The Morgan fingerprint density at radius 3 is 2.56 bits per heavy atom. The van der Waals surface area contributed by atoms with Crippen molar-refractivity contribution < 1.29 is 17.2 Å². The highest BCUT2D eigenvalue weighted by molar-refractivity contribution is 7.90. The summed E-state index contributed by atoms with van der Waals surface area (Å²) in [4.78, 5) is 3.48. The predicted octanol–water partition coefficient (Wildman–Crippen LogP) is 1.85. The molecule has 7 heteroatoms. The van der Waals surface area contributed by atoms with Gasteiger partial charge in [-0.2, -0.15) is 0 Å². The van der Waals surface area contributed by atoms with Crippen molar-refractivity contribution in [2.45, 2.75) is 18.2 Å². The van der Waals surface area contributed by atoms with Gasteiger partial charge in [0.25, 0.3) is 6.43 Å². The van der Waals surface area contributed by atoms with Crippen LogP contribution in [0.3, 0.4) is 0 Å². The van der Waals surface area contributed by atoms with Crippen LogP contribution in [0.1, 0.15) is 18.9 Å². The van der Waals surface area contributed by atoms with Crippen LogP contribution in [0.25, 0.3) is 0 Å². The van der Waals surface area contributed by atoms with Crippen molar-refractivity contribution in [3.8, 4) is 0 Å². The van der Waals surface area contributed by atoms with Gasteiger partial charge in [0.1, 0.15) is 10.7 Å². The quantitative estimate of drug-likeness (QED) is 0.886. The predicted molar refractivity (Wildman–Crippen MR) is 56.5 cm³/mol. The second kappa shape index (κ2) is 4.73. The smallest absolute Gasteiger partial charge is 0.265 e. The van der Waals surface area contributed by atoms with Crippen LogP contribution in [-0.4, -0.2) is 26.2 Å². The Hall–Kier alpha value is -1.24. The highest BCUT2D eigenvalue weighted by atomic mass is 32.2. The zero-order valence-electron chi connectivity index (χ0n) is 8.87. The third kappa shape index (κ3) is 2.88. The first kappa shape index (κ1) is 12.8. The molecule has 0 unspecified atom stereocenters. The molecule has 1 heterocycles. The Bertz CT molecular complexity index is 474. The van der Waals surface area contributed by atoms with Gasteiger partial charge in [-0.25, -0.2) is 22.2 Å². The van der Waals surface area contributed by atoms with E-state index in [4.69, 9.17) is 0 Å². The number of aromatic nitrogens is 1. The van der Waals surface area contributed by atoms with Gasteiger partial charge in [0.15, 0.2) is 9.84 Å². The molecule has 0 radical (unpaired) electrons. The normalized spacial score (nSPS) is 11.8. The summed E-state index contributed by atoms with van der Waals surface area (Å²) in [6.07, 6.45) is -0.805. The van der Waals surface area contributed by atoms with Gasteiger partial charge in [-0.15, -0.1) is 0 Å². The largest absolute Gasteiger partial charge is 0.369 e. The molecule has 16 heavy (non-hydrogen) atoms. The molecule has 1 aromatic rings. The molecule has 1 N–H and O–H groups in total. The highest BCUT2D eigenvalue weighted by Gasteiger charge is 2.18. The van der Waals surface area contributed by atoms with E-state index in [0.717, 1.165) is 18.5 Å². The number of pyridine rings is 1. The maximum Gasteiger partial charge on any atom is 0.265 e. The van der Waals surface area contributed by atoms with E-state index in [1.165, 1.54) is 0 Å². The maximum atomic E-state index is 12.4. The second-order valence-electron chi connectivity index (χ2n) is 3.22. The van der Waals surface area contributed by atoms with E-state index in [0.29, 0.717) is 6.54 Å². The molecule has 0 aliphatic rings. The minimum atomic E-state index is -3.57. The Labute approximate surface area is 92.6 Å². The molecular formula is C9H12F2N2O2S. The number of hydrogen-bond acceptors (Lipinski definition) is 4. The summed E-state index contributed by atoms with van der Waals surface area (Å²) in [5, 5.41) is 2.71. The number of hydrogen-bond donors (Lipinski definition) is 1. The minimum absolute atomic E-state index is 0.106. The van der Waals surface area contributed by atoms with E-state index < -0.39 is 21.8 Å². The van der Waals surface area contributed by atoms with Crippen LogP contribution < -0.4 is 5.32 Å². The Morgan fingerprint density at radius 1 is 1.50 bits per heavy atom. The average molecular weight is 250 g/mol. The van der Waals surface area contributed by atoms with E-state index in [2.05, 4.69) is 10.3 Å². The Kier molecular flexibility index (Phi) is 3.79. The van der Waals surface area contributed by atoms with Gasteiger partial charge < -0.3 is 5.32 Å².